The lowest BCUT2D eigenvalue weighted by molar-refractivity contribution is 0.00855. The van der Waals surface area contributed by atoms with E-state index in [0.29, 0.717) is 25.9 Å². The van der Waals surface area contributed by atoms with Crippen molar-refractivity contribution in [1.82, 2.24) is 0 Å². The molecule has 0 amide bonds. The van der Waals surface area contributed by atoms with Crippen molar-refractivity contribution in [3.8, 4) is 0 Å². The van der Waals surface area contributed by atoms with Crippen molar-refractivity contribution in [2.24, 2.45) is 11.5 Å². The van der Waals surface area contributed by atoms with E-state index in [2.05, 4.69) is 0 Å². The van der Waals surface area contributed by atoms with Crippen molar-refractivity contribution >= 4 is 0 Å². The Balaban J connectivity index is 3.39. The minimum atomic E-state index is -0.639. The molecule has 0 aromatic rings. The van der Waals surface area contributed by atoms with E-state index in [1.54, 1.807) is 0 Å². The standard InChI is InChI=1S/C8H20N2O2/c9-5-1-3-7(11)8(12)4-2-6-10/h7-8,11-12H,1-6,9-10H2. The van der Waals surface area contributed by atoms with Crippen molar-refractivity contribution in [3.63, 3.8) is 0 Å². The Morgan fingerprint density at radius 3 is 1.42 bits per heavy atom. The summed E-state index contributed by atoms with van der Waals surface area (Å²) in [6.07, 6.45) is 1.37. The van der Waals surface area contributed by atoms with Gasteiger partial charge in [0.1, 0.15) is 0 Å². The van der Waals surface area contributed by atoms with Gasteiger partial charge in [-0.2, -0.15) is 0 Å². The summed E-state index contributed by atoms with van der Waals surface area (Å²) >= 11 is 0. The Hall–Kier alpha value is -0.160. The zero-order valence-electron chi connectivity index (χ0n) is 7.45. The molecule has 2 unspecified atom stereocenters. The third-order valence-electron chi connectivity index (χ3n) is 1.85. The molecule has 0 bridgehead atoms. The molecule has 0 heterocycles. The molecule has 0 spiro atoms. The van der Waals surface area contributed by atoms with Crippen LogP contribution in [-0.2, 0) is 0 Å². The first-order valence-corrected chi connectivity index (χ1v) is 4.48. The van der Waals surface area contributed by atoms with E-state index in [1.807, 2.05) is 0 Å². The highest BCUT2D eigenvalue weighted by molar-refractivity contribution is 4.67. The van der Waals surface area contributed by atoms with Crippen molar-refractivity contribution in [2.75, 3.05) is 13.1 Å². The lowest BCUT2D eigenvalue weighted by Crippen LogP contribution is -2.27. The Kier molecular flexibility index (Phi) is 7.39. The van der Waals surface area contributed by atoms with Gasteiger partial charge in [-0.05, 0) is 38.8 Å². The second-order valence-corrected chi connectivity index (χ2v) is 3.00. The lowest BCUT2D eigenvalue weighted by Gasteiger charge is -2.16. The molecule has 0 radical (unpaired) electrons. The van der Waals surface area contributed by atoms with Gasteiger partial charge in [0.15, 0.2) is 0 Å². The fourth-order valence-electron chi connectivity index (χ4n) is 1.04. The topological polar surface area (TPSA) is 92.5 Å². The fourth-order valence-corrected chi connectivity index (χ4v) is 1.04. The first-order chi connectivity index (χ1) is 5.72. The summed E-state index contributed by atoms with van der Waals surface area (Å²) < 4.78 is 0. The Labute approximate surface area is 73.6 Å². The molecule has 6 N–H and O–H groups in total. The summed E-state index contributed by atoms with van der Waals surface area (Å²) in [4.78, 5) is 0. The summed E-state index contributed by atoms with van der Waals surface area (Å²) in [5, 5.41) is 18.7. The van der Waals surface area contributed by atoms with E-state index < -0.39 is 12.2 Å². The first kappa shape index (κ1) is 11.8. The third kappa shape index (κ3) is 5.49. The molecule has 0 aliphatic rings. The van der Waals surface area contributed by atoms with Crippen LogP contribution in [0.15, 0.2) is 0 Å². The average molecular weight is 176 g/mol. The Morgan fingerprint density at radius 1 is 0.833 bits per heavy atom. The van der Waals surface area contributed by atoms with Crippen LogP contribution in [-0.4, -0.2) is 35.5 Å². The molecule has 4 heteroatoms. The fraction of sp³-hybridized carbons (Fsp3) is 1.00. The molecule has 0 aliphatic carbocycles. The molecule has 0 aromatic carbocycles. The van der Waals surface area contributed by atoms with E-state index in [4.69, 9.17) is 11.5 Å². The molecular weight excluding hydrogens is 156 g/mol. The van der Waals surface area contributed by atoms with Crippen LogP contribution in [0, 0.1) is 0 Å². The highest BCUT2D eigenvalue weighted by atomic mass is 16.3. The molecule has 0 saturated heterocycles. The molecule has 74 valence electrons. The maximum atomic E-state index is 9.33. The summed E-state index contributed by atoms with van der Waals surface area (Å²) in [5.41, 5.74) is 10.5. The van der Waals surface area contributed by atoms with E-state index in [0.717, 1.165) is 12.8 Å². The van der Waals surface area contributed by atoms with Crippen molar-refractivity contribution < 1.29 is 10.2 Å². The van der Waals surface area contributed by atoms with E-state index in [9.17, 15) is 10.2 Å². The van der Waals surface area contributed by atoms with Crippen LogP contribution in [0.2, 0.25) is 0 Å². The minimum absolute atomic E-state index is 0.556. The highest BCUT2D eigenvalue weighted by Crippen LogP contribution is 2.06. The Bertz CT molecular complexity index is 89.1. The van der Waals surface area contributed by atoms with Crippen LogP contribution in [0.3, 0.4) is 0 Å². The van der Waals surface area contributed by atoms with Gasteiger partial charge in [-0.25, -0.2) is 0 Å². The Morgan fingerprint density at radius 2 is 1.17 bits per heavy atom. The maximum absolute atomic E-state index is 9.33. The van der Waals surface area contributed by atoms with Crippen LogP contribution < -0.4 is 11.5 Å². The van der Waals surface area contributed by atoms with Gasteiger partial charge in [-0.3, -0.25) is 0 Å². The van der Waals surface area contributed by atoms with E-state index >= 15 is 0 Å². The zero-order chi connectivity index (χ0) is 9.40. The van der Waals surface area contributed by atoms with Gasteiger partial charge in [0.2, 0.25) is 0 Å². The van der Waals surface area contributed by atoms with Crippen molar-refractivity contribution in [3.05, 3.63) is 0 Å². The van der Waals surface area contributed by atoms with Gasteiger partial charge in [0, 0.05) is 0 Å². The van der Waals surface area contributed by atoms with E-state index in [1.165, 1.54) is 0 Å². The van der Waals surface area contributed by atoms with Gasteiger partial charge in [0.05, 0.1) is 12.2 Å². The van der Waals surface area contributed by atoms with Crippen LogP contribution >= 0.6 is 0 Å². The summed E-state index contributed by atoms with van der Waals surface area (Å²) in [7, 11) is 0. The zero-order valence-corrected chi connectivity index (χ0v) is 7.45. The van der Waals surface area contributed by atoms with Crippen molar-refractivity contribution in [2.45, 2.75) is 37.9 Å². The quantitative estimate of drug-likeness (QED) is 0.408. The van der Waals surface area contributed by atoms with Crippen LogP contribution in [0.1, 0.15) is 25.7 Å². The van der Waals surface area contributed by atoms with Gasteiger partial charge >= 0.3 is 0 Å². The SMILES string of the molecule is NCCCC(O)C(O)CCCN. The molecule has 0 aromatic heterocycles. The minimum Gasteiger partial charge on any atom is -0.390 e. The molecule has 0 rings (SSSR count). The molecule has 0 aliphatic heterocycles. The predicted octanol–water partition coefficient (Wildman–Crippen LogP) is -0.814. The van der Waals surface area contributed by atoms with Gasteiger partial charge in [0.25, 0.3) is 0 Å². The summed E-state index contributed by atoms with van der Waals surface area (Å²) in [6.45, 7) is 1.11. The van der Waals surface area contributed by atoms with Gasteiger partial charge in [-0.1, -0.05) is 0 Å². The van der Waals surface area contributed by atoms with Crippen molar-refractivity contribution in [1.29, 1.82) is 0 Å². The normalized spacial score (nSPS) is 16.0. The average Bonchev–Trinajstić information content (AvgIpc) is 2.10. The third-order valence-corrected chi connectivity index (χ3v) is 1.85. The van der Waals surface area contributed by atoms with Crippen LogP contribution in [0.5, 0.6) is 0 Å². The van der Waals surface area contributed by atoms with Gasteiger partial charge < -0.3 is 21.7 Å². The van der Waals surface area contributed by atoms with Crippen LogP contribution in [0.25, 0.3) is 0 Å². The lowest BCUT2D eigenvalue weighted by atomic mass is 10.0. The number of hydrogen-bond acceptors (Lipinski definition) is 4. The molecule has 0 fully saturated rings. The second kappa shape index (κ2) is 7.49. The number of aliphatic hydroxyl groups is 2. The molecule has 0 saturated carbocycles. The molecule has 4 nitrogen and oxygen atoms in total. The number of hydrogen-bond donors (Lipinski definition) is 4. The largest absolute Gasteiger partial charge is 0.390 e. The second-order valence-electron chi connectivity index (χ2n) is 3.00. The molecule has 2 atom stereocenters. The van der Waals surface area contributed by atoms with Gasteiger partial charge in [-0.15, -0.1) is 0 Å². The van der Waals surface area contributed by atoms with Crippen LogP contribution in [0.4, 0.5) is 0 Å². The number of nitrogens with two attached hydrogens (primary N) is 2. The molecule has 12 heavy (non-hydrogen) atoms. The maximum Gasteiger partial charge on any atom is 0.0799 e. The van der Waals surface area contributed by atoms with E-state index in [-0.39, 0.29) is 0 Å². The molecular formula is C8H20N2O2. The summed E-state index contributed by atoms with van der Waals surface area (Å²) in [6, 6.07) is 0. The summed E-state index contributed by atoms with van der Waals surface area (Å²) in [5.74, 6) is 0. The first-order valence-electron chi connectivity index (χ1n) is 4.48. The number of rotatable bonds is 7. The smallest absolute Gasteiger partial charge is 0.0799 e. The number of aliphatic hydroxyl groups excluding tert-OH is 2. The monoisotopic (exact) mass is 176 g/mol. The predicted molar refractivity (Wildman–Crippen MR) is 48.6 cm³/mol. The highest BCUT2D eigenvalue weighted by Gasteiger charge is 2.14.